The van der Waals surface area contributed by atoms with Gasteiger partial charge in [-0.05, 0) is 66.6 Å². The minimum atomic E-state index is -4.06. The molecule has 3 rings (SSSR count). The van der Waals surface area contributed by atoms with Gasteiger partial charge in [-0.3, -0.25) is 9.10 Å². The Bertz CT molecular complexity index is 1170. The number of sulfonamides is 1. The van der Waals surface area contributed by atoms with Gasteiger partial charge >= 0.3 is 0 Å². The van der Waals surface area contributed by atoms with Gasteiger partial charge in [0.05, 0.1) is 17.7 Å². The van der Waals surface area contributed by atoms with Crippen LogP contribution in [0.5, 0.6) is 5.75 Å². The van der Waals surface area contributed by atoms with Gasteiger partial charge in [0.2, 0.25) is 5.91 Å². The van der Waals surface area contributed by atoms with Crippen LogP contribution in [0.15, 0.2) is 77.7 Å². The van der Waals surface area contributed by atoms with Crippen LogP contribution in [0.1, 0.15) is 5.56 Å². The zero-order valence-corrected chi connectivity index (χ0v) is 18.9. The fourth-order valence-corrected chi connectivity index (χ4v) is 4.60. The molecule has 0 aromatic heterocycles. The number of nitrogens with zero attached hydrogens (tertiary/aromatic N) is 1. The van der Waals surface area contributed by atoms with E-state index in [2.05, 4.69) is 5.32 Å². The van der Waals surface area contributed by atoms with E-state index < -0.39 is 22.5 Å². The predicted molar refractivity (Wildman–Crippen MR) is 122 cm³/mol. The fraction of sp³-hybridized carbons (Fsp3) is 0.174. The number of nitrogens with one attached hydrogen (secondary N) is 1. The average molecular weight is 477 g/mol. The van der Waals surface area contributed by atoms with Gasteiger partial charge in [-0.2, -0.15) is 0 Å². The second-order valence-corrected chi connectivity index (χ2v) is 9.19. The number of rotatable bonds is 9. The van der Waals surface area contributed by atoms with Crippen LogP contribution in [-0.4, -0.2) is 34.5 Å². The van der Waals surface area contributed by atoms with Crippen LogP contribution in [0.4, 0.5) is 10.1 Å². The maximum absolute atomic E-state index is 13.3. The monoisotopic (exact) mass is 476 g/mol. The molecule has 0 fully saturated rings. The summed E-state index contributed by atoms with van der Waals surface area (Å²) in [5, 5.41) is 3.05. The first-order valence-corrected chi connectivity index (χ1v) is 11.5. The molecule has 168 valence electrons. The van der Waals surface area contributed by atoms with E-state index in [0.717, 1.165) is 9.87 Å². The Morgan fingerprint density at radius 3 is 2.38 bits per heavy atom. The van der Waals surface area contributed by atoms with Crippen molar-refractivity contribution in [3.8, 4) is 5.75 Å². The molecule has 0 aliphatic heterocycles. The maximum Gasteiger partial charge on any atom is 0.264 e. The number of methoxy groups -OCH3 is 1. The van der Waals surface area contributed by atoms with Crippen molar-refractivity contribution in [3.05, 3.63) is 89.2 Å². The van der Waals surface area contributed by atoms with E-state index in [1.807, 2.05) is 0 Å². The van der Waals surface area contributed by atoms with Crippen molar-refractivity contribution in [1.29, 1.82) is 0 Å². The summed E-state index contributed by atoms with van der Waals surface area (Å²) in [6.45, 7) is -0.158. The fourth-order valence-electron chi connectivity index (χ4n) is 3.00. The summed E-state index contributed by atoms with van der Waals surface area (Å²) in [6.07, 6.45) is 0.481. The Kier molecular flexibility index (Phi) is 7.71. The molecule has 0 heterocycles. The number of ether oxygens (including phenoxy) is 1. The van der Waals surface area contributed by atoms with E-state index >= 15 is 0 Å². The zero-order chi connectivity index (χ0) is 23.1. The van der Waals surface area contributed by atoms with E-state index in [9.17, 15) is 17.6 Å². The number of hydrogen-bond donors (Lipinski definition) is 1. The Morgan fingerprint density at radius 1 is 1.06 bits per heavy atom. The van der Waals surface area contributed by atoms with Crippen molar-refractivity contribution in [2.24, 2.45) is 0 Å². The third kappa shape index (κ3) is 5.99. The van der Waals surface area contributed by atoms with E-state index in [1.165, 1.54) is 49.6 Å². The van der Waals surface area contributed by atoms with Crippen LogP contribution in [-0.2, 0) is 21.2 Å². The summed E-state index contributed by atoms with van der Waals surface area (Å²) in [6, 6.07) is 18.1. The van der Waals surface area contributed by atoms with Crippen LogP contribution in [0.25, 0.3) is 0 Å². The second-order valence-electron chi connectivity index (χ2n) is 6.89. The Morgan fingerprint density at radius 2 is 1.75 bits per heavy atom. The first kappa shape index (κ1) is 23.6. The number of carbonyl (C=O) groups is 1. The van der Waals surface area contributed by atoms with Gasteiger partial charge in [0.25, 0.3) is 10.0 Å². The smallest absolute Gasteiger partial charge is 0.264 e. The molecule has 0 spiro atoms. The highest BCUT2D eigenvalue weighted by atomic mass is 35.5. The number of anilines is 1. The summed E-state index contributed by atoms with van der Waals surface area (Å²) >= 11 is 6.06. The normalized spacial score (nSPS) is 11.1. The Hall–Kier alpha value is -3.10. The summed E-state index contributed by atoms with van der Waals surface area (Å²) in [7, 11) is -2.57. The minimum Gasteiger partial charge on any atom is -0.497 e. The quantitative estimate of drug-likeness (QED) is 0.505. The molecule has 0 unspecified atom stereocenters. The van der Waals surface area contributed by atoms with E-state index in [1.54, 1.807) is 30.3 Å². The Labute approximate surface area is 191 Å². The van der Waals surface area contributed by atoms with Gasteiger partial charge in [0.1, 0.15) is 18.1 Å². The van der Waals surface area contributed by atoms with Crippen molar-refractivity contribution in [3.63, 3.8) is 0 Å². The molecule has 1 N–H and O–H groups in total. The van der Waals surface area contributed by atoms with Crippen LogP contribution in [0, 0.1) is 5.82 Å². The first-order chi connectivity index (χ1) is 15.3. The first-order valence-electron chi connectivity index (χ1n) is 9.73. The largest absolute Gasteiger partial charge is 0.497 e. The van der Waals surface area contributed by atoms with Gasteiger partial charge in [-0.1, -0.05) is 29.8 Å². The van der Waals surface area contributed by atoms with E-state index in [-0.39, 0.29) is 22.9 Å². The molecule has 0 radical (unpaired) electrons. The lowest BCUT2D eigenvalue weighted by molar-refractivity contribution is -0.119. The molecule has 32 heavy (non-hydrogen) atoms. The number of hydrogen-bond acceptors (Lipinski definition) is 4. The number of halogens is 2. The molecule has 1 amide bonds. The minimum absolute atomic E-state index is 0.0115. The van der Waals surface area contributed by atoms with Crippen molar-refractivity contribution in [2.45, 2.75) is 11.3 Å². The molecule has 9 heteroatoms. The maximum atomic E-state index is 13.3. The van der Waals surface area contributed by atoms with Crippen LogP contribution in [0.2, 0.25) is 5.02 Å². The third-order valence-electron chi connectivity index (χ3n) is 4.68. The molecule has 0 aliphatic rings. The van der Waals surface area contributed by atoms with Gasteiger partial charge in [-0.25, -0.2) is 12.8 Å². The number of carbonyl (C=O) groups excluding carboxylic acids is 1. The molecular weight excluding hydrogens is 455 g/mol. The molecule has 0 aliphatic carbocycles. The lowest BCUT2D eigenvalue weighted by atomic mass is 10.1. The standard InChI is InChI=1S/C23H22ClFN2O4S/c1-31-21-9-11-22(12-10-21)32(29,30)27(20-4-2-3-18(24)15-20)16-23(28)26-14-13-17-5-7-19(25)8-6-17/h2-12,15H,13-14,16H2,1H3,(H,26,28). The third-order valence-corrected chi connectivity index (χ3v) is 6.70. The Balaban J connectivity index is 1.78. The van der Waals surface area contributed by atoms with Crippen molar-refractivity contribution >= 4 is 33.2 Å². The van der Waals surface area contributed by atoms with Crippen molar-refractivity contribution in [2.75, 3.05) is 24.5 Å². The summed E-state index contributed by atoms with van der Waals surface area (Å²) in [5.41, 5.74) is 1.12. The molecule has 0 saturated heterocycles. The average Bonchev–Trinajstić information content (AvgIpc) is 2.78. The van der Waals surface area contributed by atoms with Gasteiger partial charge in [-0.15, -0.1) is 0 Å². The zero-order valence-electron chi connectivity index (χ0n) is 17.3. The summed E-state index contributed by atoms with van der Waals surface area (Å²) in [5.74, 6) is -0.306. The van der Waals surface area contributed by atoms with Crippen LogP contribution < -0.4 is 14.4 Å². The van der Waals surface area contributed by atoms with E-state index in [4.69, 9.17) is 16.3 Å². The molecule has 3 aromatic rings. The molecule has 0 bridgehead atoms. The SMILES string of the molecule is COc1ccc(S(=O)(=O)N(CC(=O)NCCc2ccc(F)cc2)c2cccc(Cl)c2)cc1. The van der Waals surface area contributed by atoms with Crippen molar-refractivity contribution in [1.82, 2.24) is 5.32 Å². The summed E-state index contributed by atoms with van der Waals surface area (Å²) < 4.78 is 45.8. The van der Waals surface area contributed by atoms with Crippen LogP contribution >= 0.6 is 11.6 Å². The lowest BCUT2D eigenvalue weighted by Crippen LogP contribution is -2.41. The molecule has 3 aromatic carbocycles. The molecule has 0 atom stereocenters. The van der Waals surface area contributed by atoms with Crippen molar-refractivity contribution < 1.29 is 22.3 Å². The highest BCUT2D eigenvalue weighted by molar-refractivity contribution is 7.92. The highest BCUT2D eigenvalue weighted by Crippen LogP contribution is 2.27. The van der Waals surface area contributed by atoms with Crippen LogP contribution in [0.3, 0.4) is 0 Å². The molecule has 0 saturated carbocycles. The van der Waals surface area contributed by atoms with Gasteiger partial charge in [0.15, 0.2) is 0 Å². The molecule has 6 nitrogen and oxygen atoms in total. The topological polar surface area (TPSA) is 75.7 Å². The molecular formula is C23H22ClFN2O4S. The van der Waals surface area contributed by atoms with Gasteiger partial charge in [0, 0.05) is 11.6 Å². The summed E-state index contributed by atoms with van der Waals surface area (Å²) in [4.78, 5) is 12.6. The lowest BCUT2D eigenvalue weighted by Gasteiger charge is -2.24. The predicted octanol–water partition coefficient (Wildman–Crippen LogP) is 4.04. The second kappa shape index (κ2) is 10.5. The highest BCUT2D eigenvalue weighted by Gasteiger charge is 2.27. The number of benzene rings is 3. The van der Waals surface area contributed by atoms with Gasteiger partial charge < -0.3 is 10.1 Å². The van der Waals surface area contributed by atoms with E-state index in [0.29, 0.717) is 17.2 Å². The number of amides is 1.